The van der Waals surface area contributed by atoms with Crippen LogP contribution in [0.3, 0.4) is 0 Å². The average Bonchev–Trinajstić information content (AvgIpc) is 3.61. The van der Waals surface area contributed by atoms with Gasteiger partial charge in [-0.15, -0.1) is 0 Å². The Morgan fingerprint density at radius 1 is 1.05 bits per heavy atom. The first-order valence-electron chi connectivity index (χ1n) is 14.3. The highest BCUT2D eigenvalue weighted by atomic mass is 16.6. The predicted octanol–water partition coefficient (Wildman–Crippen LogP) is 6.70. The second kappa shape index (κ2) is 12.5. The van der Waals surface area contributed by atoms with Crippen LogP contribution in [0.15, 0.2) is 53.0 Å². The molecule has 2 aromatic heterocycles. The lowest BCUT2D eigenvalue weighted by Gasteiger charge is -2.25. The Morgan fingerprint density at radius 2 is 1.90 bits per heavy atom. The van der Waals surface area contributed by atoms with Crippen LogP contribution in [0.4, 0.5) is 0 Å². The minimum Gasteiger partial charge on any atom is -0.497 e. The normalized spacial score (nSPS) is 17.8. The van der Waals surface area contributed by atoms with E-state index in [0.29, 0.717) is 11.7 Å². The number of carbonyl (C=O) groups excluding carboxylic acids is 1. The van der Waals surface area contributed by atoms with E-state index in [-0.39, 0.29) is 17.6 Å². The van der Waals surface area contributed by atoms with Gasteiger partial charge in [-0.05, 0) is 60.2 Å². The number of methoxy groups -OCH3 is 2. The third-order valence-electron chi connectivity index (χ3n) is 7.90. The van der Waals surface area contributed by atoms with Crippen LogP contribution in [-0.4, -0.2) is 25.2 Å². The first-order chi connectivity index (χ1) is 19.1. The standard InChI is InChI=1S/C33H39NO5/c1-4-5-6-7-8-9-12-22-17-18-27(38-29-20-19-28(39-29)33(35)37-3)32-30(22)31-25(15-11-16-26(31)34-32)23-13-10-14-24(21-23)36-2/h10,13-14,16-22,25,34H,4-9,11-12,15H2,1-3H3. The Hall–Kier alpha value is -3.67. The van der Waals surface area contributed by atoms with E-state index in [1.165, 1.54) is 67.7 Å². The number of benzene rings is 1. The molecule has 0 bridgehead atoms. The lowest BCUT2D eigenvalue weighted by molar-refractivity contribution is 0.0560. The molecule has 2 unspecified atom stereocenters. The summed E-state index contributed by atoms with van der Waals surface area (Å²) in [5.74, 6) is 2.01. The highest BCUT2D eigenvalue weighted by Gasteiger charge is 2.30. The first kappa shape index (κ1) is 26.9. The minimum atomic E-state index is -0.528. The molecule has 2 aliphatic rings. The van der Waals surface area contributed by atoms with E-state index in [0.717, 1.165) is 30.4 Å². The molecule has 6 heteroatoms. The summed E-state index contributed by atoms with van der Waals surface area (Å²) in [6.45, 7) is 2.26. The highest BCUT2D eigenvalue weighted by Crippen LogP contribution is 2.38. The van der Waals surface area contributed by atoms with Crippen molar-refractivity contribution in [3.8, 4) is 11.7 Å². The maximum absolute atomic E-state index is 11.9. The monoisotopic (exact) mass is 529 g/mol. The summed E-state index contributed by atoms with van der Waals surface area (Å²) in [4.78, 5) is 15.6. The van der Waals surface area contributed by atoms with Gasteiger partial charge in [-0.2, -0.15) is 0 Å². The topological polar surface area (TPSA) is 73.7 Å². The van der Waals surface area contributed by atoms with Gasteiger partial charge in [0.05, 0.1) is 19.6 Å². The van der Waals surface area contributed by atoms with E-state index < -0.39 is 5.97 Å². The lowest BCUT2D eigenvalue weighted by atomic mass is 9.78. The van der Waals surface area contributed by atoms with Crippen molar-refractivity contribution in [2.75, 3.05) is 14.2 Å². The van der Waals surface area contributed by atoms with Crippen molar-refractivity contribution in [3.63, 3.8) is 0 Å². The van der Waals surface area contributed by atoms with Gasteiger partial charge in [0.25, 0.3) is 5.95 Å². The van der Waals surface area contributed by atoms with Gasteiger partial charge in [0.2, 0.25) is 5.76 Å². The molecule has 0 aliphatic heterocycles. The van der Waals surface area contributed by atoms with E-state index in [1.807, 2.05) is 12.1 Å². The molecule has 1 aromatic carbocycles. The van der Waals surface area contributed by atoms with Crippen molar-refractivity contribution >= 4 is 17.8 Å². The fourth-order valence-corrected chi connectivity index (χ4v) is 5.94. The average molecular weight is 530 g/mol. The van der Waals surface area contributed by atoms with E-state index in [1.54, 1.807) is 19.2 Å². The fraction of sp³-hybridized carbons (Fsp3) is 0.424. The number of carbonyl (C=O) groups is 1. The number of H-pyrrole nitrogens is 1. The van der Waals surface area contributed by atoms with Crippen molar-refractivity contribution < 1.29 is 23.4 Å². The molecule has 3 aromatic rings. The van der Waals surface area contributed by atoms with Crippen molar-refractivity contribution in [1.29, 1.82) is 0 Å². The molecule has 5 rings (SSSR count). The molecule has 1 N–H and O–H groups in total. The van der Waals surface area contributed by atoms with Crippen molar-refractivity contribution in [1.82, 2.24) is 4.98 Å². The number of unbranched alkanes of at least 4 members (excludes halogenated alkanes) is 5. The Bertz CT molecular complexity index is 1440. The van der Waals surface area contributed by atoms with Gasteiger partial charge in [-0.1, -0.05) is 69.7 Å². The number of hydrogen-bond donors (Lipinski definition) is 1. The molecule has 0 radical (unpaired) electrons. The zero-order chi connectivity index (χ0) is 27.2. The highest BCUT2D eigenvalue weighted by molar-refractivity contribution is 5.86. The van der Waals surface area contributed by atoms with Crippen LogP contribution in [0.5, 0.6) is 11.7 Å². The summed E-state index contributed by atoms with van der Waals surface area (Å²) in [7, 11) is 3.05. The molecule has 2 aliphatic carbocycles. The molecule has 206 valence electrons. The lowest BCUT2D eigenvalue weighted by Crippen LogP contribution is -2.22. The van der Waals surface area contributed by atoms with Crippen molar-refractivity contribution in [2.24, 2.45) is 0 Å². The largest absolute Gasteiger partial charge is 0.497 e. The van der Waals surface area contributed by atoms with Crippen LogP contribution in [-0.2, 0) is 4.74 Å². The molecular formula is C33H39NO5. The van der Waals surface area contributed by atoms with Gasteiger partial charge in [0.15, 0.2) is 5.76 Å². The van der Waals surface area contributed by atoms with Gasteiger partial charge in [-0.3, -0.25) is 0 Å². The summed E-state index contributed by atoms with van der Waals surface area (Å²) in [6.07, 6.45) is 17.4. The molecule has 0 amide bonds. The van der Waals surface area contributed by atoms with Crippen LogP contribution in [0.25, 0.3) is 11.8 Å². The van der Waals surface area contributed by atoms with Crippen LogP contribution in [0, 0.1) is 0 Å². The van der Waals surface area contributed by atoms with Gasteiger partial charge in [0, 0.05) is 23.3 Å². The van der Waals surface area contributed by atoms with Crippen molar-refractivity contribution in [3.05, 3.63) is 81.7 Å². The maximum atomic E-state index is 11.9. The molecule has 0 fully saturated rings. The zero-order valence-electron chi connectivity index (χ0n) is 23.3. The molecule has 0 spiro atoms. The summed E-state index contributed by atoms with van der Waals surface area (Å²) in [5.41, 5.74) is 3.95. The molecule has 6 nitrogen and oxygen atoms in total. The Balaban J connectivity index is 1.52. The Labute approximate surface area is 230 Å². The van der Waals surface area contributed by atoms with Crippen molar-refractivity contribution in [2.45, 2.75) is 76.5 Å². The summed E-state index contributed by atoms with van der Waals surface area (Å²) in [5, 5.41) is 2.17. The summed E-state index contributed by atoms with van der Waals surface area (Å²) >= 11 is 0. The van der Waals surface area contributed by atoms with Gasteiger partial charge >= 0.3 is 5.97 Å². The van der Waals surface area contributed by atoms with E-state index in [4.69, 9.17) is 18.6 Å². The van der Waals surface area contributed by atoms with E-state index in [9.17, 15) is 4.79 Å². The number of hydrogen-bond acceptors (Lipinski definition) is 5. The molecule has 0 saturated carbocycles. The van der Waals surface area contributed by atoms with Crippen LogP contribution in [0.1, 0.15) is 104 Å². The minimum absolute atomic E-state index is 0.117. The second-order valence-electron chi connectivity index (χ2n) is 10.5. The molecule has 0 saturated heterocycles. The molecule has 39 heavy (non-hydrogen) atoms. The summed E-state index contributed by atoms with van der Waals surface area (Å²) < 4.78 is 22.2. The zero-order valence-corrected chi connectivity index (χ0v) is 23.3. The first-order valence-corrected chi connectivity index (χ1v) is 14.3. The Kier molecular flexibility index (Phi) is 8.60. The molecular weight excluding hydrogens is 490 g/mol. The number of aromatic nitrogens is 1. The number of furan rings is 1. The van der Waals surface area contributed by atoms with Crippen LogP contribution >= 0.6 is 0 Å². The third-order valence-corrected chi connectivity index (χ3v) is 7.90. The summed E-state index contributed by atoms with van der Waals surface area (Å²) in [6, 6.07) is 11.7. The number of nitrogens with one attached hydrogen (secondary N) is 1. The Morgan fingerprint density at radius 3 is 2.72 bits per heavy atom. The van der Waals surface area contributed by atoms with Gasteiger partial charge < -0.3 is 23.6 Å². The quantitative estimate of drug-likeness (QED) is 0.209. The fourth-order valence-electron chi connectivity index (χ4n) is 5.94. The number of esters is 1. The smallest absolute Gasteiger partial charge is 0.374 e. The van der Waals surface area contributed by atoms with Gasteiger partial charge in [0.1, 0.15) is 5.75 Å². The predicted molar refractivity (Wildman–Crippen MR) is 153 cm³/mol. The second-order valence-corrected chi connectivity index (χ2v) is 10.5. The van der Waals surface area contributed by atoms with Crippen LogP contribution in [0.2, 0.25) is 0 Å². The van der Waals surface area contributed by atoms with E-state index >= 15 is 0 Å². The number of allylic oxidation sites excluding steroid dienone is 1. The van der Waals surface area contributed by atoms with Gasteiger partial charge in [-0.25, -0.2) is 4.79 Å². The van der Waals surface area contributed by atoms with E-state index in [2.05, 4.69) is 42.3 Å². The molecule has 2 atom stereocenters. The SMILES string of the molecule is CCCCCCCCC1C=CC(Oc2ccc(C(=O)OC)o2)=c2[nH]c3c(c21)C(c1cccc(OC)c1)CCC=3. The third kappa shape index (κ3) is 5.85. The number of rotatable bonds is 12. The number of aromatic amines is 1. The number of fused-ring (bicyclic) bond motifs is 3. The maximum Gasteiger partial charge on any atom is 0.374 e. The molecule has 2 heterocycles. The number of ether oxygens (including phenoxy) is 3. The van der Waals surface area contributed by atoms with Crippen LogP contribution < -0.4 is 20.2 Å².